The van der Waals surface area contributed by atoms with Crippen molar-refractivity contribution in [3.05, 3.63) is 64.0 Å². The van der Waals surface area contributed by atoms with E-state index in [0.717, 1.165) is 37.3 Å². The molecule has 0 spiro atoms. The third-order valence-corrected chi connectivity index (χ3v) is 6.36. The summed E-state index contributed by atoms with van der Waals surface area (Å²) < 4.78 is 7.88. The average molecular weight is 477 g/mol. The summed E-state index contributed by atoms with van der Waals surface area (Å²) in [6.07, 6.45) is 2.84. The van der Waals surface area contributed by atoms with Crippen molar-refractivity contribution < 1.29 is 14.6 Å². The molecule has 9 heteroatoms. The van der Waals surface area contributed by atoms with Gasteiger partial charge in [-0.05, 0) is 44.0 Å². The summed E-state index contributed by atoms with van der Waals surface area (Å²) in [5.41, 5.74) is 2.06. The van der Waals surface area contributed by atoms with Gasteiger partial charge in [-0.15, -0.1) is 0 Å². The van der Waals surface area contributed by atoms with E-state index in [4.69, 9.17) is 27.9 Å². The van der Waals surface area contributed by atoms with E-state index in [0.29, 0.717) is 28.0 Å². The van der Waals surface area contributed by atoms with E-state index >= 15 is 0 Å². The number of piperidine rings is 1. The lowest BCUT2D eigenvalue weighted by Crippen LogP contribution is -2.45. The number of aromatic nitrogens is 2. The second kappa shape index (κ2) is 10.1. The lowest BCUT2D eigenvalue weighted by Gasteiger charge is -2.33. The van der Waals surface area contributed by atoms with E-state index in [-0.39, 0.29) is 18.6 Å². The number of aryl methyl sites for hydroxylation is 1. The first kappa shape index (κ1) is 22.9. The third kappa shape index (κ3) is 5.53. The van der Waals surface area contributed by atoms with Crippen molar-refractivity contribution in [1.29, 1.82) is 0 Å². The highest BCUT2D eigenvalue weighted by Crippen LogP contribution is 2.28. The Hall–Kier alpha value is -2.32. The van der Waals surface area contributed by atoms with Crippen molar-refractivity contribution in [2.75, 3.05) is 26.2 Å². The molecule has 2 N–H and O–H groups in total. The van der Waals surface area contributed by atoms with Crippen LogP contribution in [0.3, 0.4) is 0 Å². The number of halogens is 2. The van der Waals surface area contributed by atoms with Gasteiger partial charge in [-0.25, -0.2) is 4.98 Å². The summed E-state index contributed by atoms with van der Waals surface area (Å²) in [5.74, 6) is 0.420. The number of amides is 1. The normalized spacial score (nSPS) is 16.2. The number of nitrogens with zero attached hydrogens (tertiary/aromatic N) is 3. The molecule has 0 aliphatic carbocycles. The van der Waals surface area contributed by atoms with E-state index in [1.165, 1.54) is 0 Å². The van der Waals surface area contributed by atoms with Crippen molar-refractivity contribution in [2.24, 2.45) is 0 Å². The number of nitrogens with one attached hydrogen (secondary N) is 1. The summed E-state index contributed by atoms with van der Waals surface area (Å²) in [5, 5.41) is 14.2. The first-order valence-electron chi connectivity index (χ1n) is 10.6. The largest absolute Gasteiger partial charge is 0.490 e. The lowest BCUT2D eigenvalue weighted by atomic mass is 10.1. The number of likely N-dealkylation sites (tertiary alicyclic amines) is 1. The van der Waals surface area contributed by atoms with Crippen molar-refractivity contribution in [3.8, 4) is 5.75 Å². The van der Waals surface area contributed by atoms with E-state index in [1.807, 2.05) is 35.6 Å². The van der Waals surface area contributed by atoms with Crippen LogP contribution in [0.1, 0.15) is 29.0 Å². The molecule has 7 nitrogen and oxygen atoms in total. The van der Waals surface area contributed by atoms with Gasteiger partial charge < -0.3 is 24.5 Å². The van der Waals surface area contributed by atoms with Crippen LogP contribution in [0.25, 0.3) is 5.65 Å². The fourth-order valence-electron chi connectivity index (χ4n) is 3.87. The molecule has 2 aromatic heterocycles. The molecule has 1 saturated heterocycles. The molecule has 1 fully saturated rings. The van der Waals surface area contributed by atoms with Crippen molar-refractivity contribution in [3.63, 3.8) is 0 Å². The van der Waals surface area contributed by atoms with E-state index in [2.05, 4.69) is 15.2 Å². The smallest absolute Gasteiger partial charge is 0.271 e. The van der Waals surface area contributed by atoms with Crippen molar-refractivity contribution >= 4 is 34.8 Å². The highest BCUT2D eigenvalue weighted by molar-refractivity contribution is 6.42. The van der Waals surface area contributed by atoms with Gasteiger partial charge in [0.15, 0.2) is 0 Å². The second-order valence-corrected chi connectivity index (χ2v) is 8.89. The molecule has 1 aliphatic heterocycles. The zero-order chi connectivity index (χ0) is 22.7. The molecule has 3 aromatic rings. The number of imidazole rings is 1. The first-order valence-corrected chi connectivity index (χ1v) is 11.4. The number of rotatable bonds is 7. The fourth-order valence-corrected chi connectivity index (χ4v) is 4.16. The maximum Gasteiger partial charge on any atom is 0.271 e. The van der Waals surface area contributed by atoms with Gasteiger partial charge in [0.05, 0.1) is 16.1 Å². The number of pyridine rings is 1. The van der Waals surface area contributed by atoms with Crippen LogP contribution >= 0.6 is 23.2 Å². The number of carbonyl (C=O) groups is 1. The average Bonchev–Trinajstić information content (AvgIpc) is 3.22. The Morgan fingerprint density at radius 3 is 2.75 bits per heavy atom. The van der Waals surface area contributed by atoms with Crippen LogP contribution in [0.2, 0.25) is 10.0 Å². The standard InChI is InChI=1S/C23H26Cl2N4O3/c1-15-3-2-4-22-27-21(14-29(15)22)23(31)26-12-16(30)13-28-9-7-17(8-10-28)32-18-5-6-19(24)20(25)11-18/h2-6,11,14,16-17,30H,7-10,12-13H2,1H3,(H,26,31). The van der Waals surface area contributed by atoms with Gasteiger partial charge in [-0.2, -0.15) is 0 Å². The SMILES string of the molecule is Cc1cccc2nc(C(=O)NCC(O)CN3CCC(Oc4ccc(Cl)c(Cl)c4)CC3)cn12. The van der Waals surface area contributed by atoms with Gasteiger partial charge in [0.2, 0.25) is 0 Å². The number of ether oxygens (including phenoxy) is 1. The molecule has 1 atom stereocenters. The van der Waals surface area contributed by atoms with Gasteiger partial charge in [0.25, 0.3) is 5.91 Å². The van der Waals surface area contributed by atoms with E-state index in [1.54, 1.807) is 18.3 Å². The molecule has 1 unspecified atom stereocenters. The molecule has 1 amide bonds. The summed E-state index contributed by atoms with van der Waals surface area (Å²) in [6, 6.07) is 11.0. The van der Waals surface area contributed by atoms with Crippen LogP contribution in [-0.4, -0.2) is 63.7 Å². The minimum absolute atomic E-state index is 0.0962. The number of hydrogen-bond acceptors (Lipinski definition) is 5. The van der Waals surface area contributed by atoms with Crippen LogP contribution in [0, 0.1) is 6.92 Å². The first-order chi connectivity index (χ1) is 15.4. The summed E-state index contributed by atoms with van der Waals surface area (Å²) in [4.78, 5) is 19.0. The summed E-state index contributed by atoms with van der Waals surface area (Å²) >= 11 is 12.0. The zero-order valence-electron chi connectivity index (χ0n) is 17.8. The number of β-amino-alcohol motifs (C(OH)–C–C–N with tert-alkyl or cyclic N) is 1. The fraction of sp³-hybridized carbons (Fsp3) is 0.391. The Kier molecular flexibility index (Phi) is 7.20. The number of benzene rings is 1. The predicted molar refractivity (Wildman–Crippen MR) is 125 cm³/mol. The minimum atomic E-state index is -0.662. The molecule has 3 heterocycles. The van der Waals surface area contributed by atoms with Crippen LogP contribution in [0.15, 0.2) is 42.6 Å². The monoisotopic (exact) mass is 476 g/mol. The maximum atomic E-state index is 12.4. The van der Waals surface area contributed by atoms with Crippen LogP contribution < -0.4 is 10.1 Å². The lowest BCUT2D eigenvalue weighted by molar-refractivity contribution is 0.0593. The molecule has 170 valence electrons. The molecule has 0 bridgehead atoms. The number of aliphatic hydroxyl groups excluding tert-OH is 1. The summed E-state index contributed by atoms with van der Waals surface area (Å²) in [7, 11) is 0. The Balaban J connectivity index is 1.21. The Labute approximate surface area is 196 Å². The zero-order valence-corrected chi connectivity index (χ0v) is 19.3. The molecule has 1 aliphatic rings. The molecule has 1 aromatic carbocycles. The minimum Gasteiger partial charge on any atom is -0.490 e. The molecule has 32 heavy (non-hydrogen) atoms. The molecule has 0 saturated carbocycles. The van der Waals surface area contributed by atoms with Gasteiger partial charge in [0.1, 0.15) is 23.2 Å². The maximum absolute atomic E-state index is 12.4. The number of carbonyl (C=O) groups excluding carboxylic acids is 1. The Bertz CT molecular complexity index is 1100. The number of hydrogen-bond donors (Lipinski definition) is 2. The molecular formula is C23H26Cl2N4O3. The van der Waals surface area contributed by atoms with E-state index in [9.17, 15) is 9.90 Å². The summed E-state index contributed by atoms with van der Waals surface area (Å²) in [6.45, 7) is 4.24. The Morgan fingerprint density at radius 1 is 1.25 bits per heavy atom. The molecule has 0 radical (unpaired) electrons. The van der Waals surface area contributed by atoms with Crippen LogP contribution in [0.5, 0.6) is 5.75 Å². The molecule has 4 rings (SSSR count). The van der Waals surface area contributed by atoms with Gasteiger partial charge in [-0.3, -0.25) is 4.79 Å². The highest BCUT2D eigenvalue weighted by Gasteiger charge is 2.23. The van der Waals surface area contributed by atoms with Crippen LogP contribution in [0.4, 0.5) is 0 Å². The third-order valence-electron chi connectivity index (χ3n) is 5.62. The second-order valence-electron chi connectivity index (χ2n) is 8.08. The van der Waals surface area contributed by atoms with Gasteiger partial charge in [0, 0.05) is 44.1 Å². The van der Waals surface area contributed by atoms with Crippen molar-refractivity contribution in [2.45, 2.75) is 32.0 Å². The number of aliphatic hydroxyl groups is 1. The number of fused-ring (bicyclic) bond motifs is 1. The van der Waals surface area contributed by atoms with Crippen molar-refractivity contribution in [1.82, 2.24) is 19.6 Å². The topological polar surface area (TPSA) is 79.1 Å². The Morgan fingerprint density at radius 2 is 2.03 bits per heavy atom. The molecular weight excluding hydrogens is 451 g/mol. The van der Waals surface area contributed by atoms with Gasteiger partial charge >= 0.3 is 0 Å². The van der Waals surface area contributed by atoms with Crippen LogP contribution in [-0.2, 0) is 0 Å². The quantitative estimate of drug-likeness (QED) is 0.544. The van der Waals surface area contributed by atoms with Gasteiger partial charge in [-0.1, -0.05) is 29.3 Å². The predicted octanol–water partition coefficient (Wildman–Crippen LogP) is 3.58. The van der Waals surface area contributed by atoms with E-state index < -0.39 is 6.10 Å². The highest BCUT2D eigenvalue weighted by atomic mass is 35.5.